The zero-order chi connectivity index (χ0) is 23.1. The van der Waals surface area contributed by atoms with Gasteiger partial charge in [-0.2, -0.15) is 0 Å². The lowest BCUT2D eigenvalue weighted by molar-refractivity contribution is 0.104. The van der Waals surface area contributed by atoms with E-state index in [4.69, 9.17) is 0 Å². The number of ketones is 1. The molecule has 3 aromatic rings. The molecule has 4 atom stereocenters. The van der Waals surface area contributed by atoms with Gasteiger partial charge in [-0.05, 0) is 67.0 Å². The van der Waals surface area contributed by atoms with Crippen LogP contribution in [0.15, 0.2) is 41.3 Å². The Morgan fingerprint density at radius 1 is 1.27 bits per heavy atom. The summed E-state index contributed by atoms with van der Waals surface area (Å²) in [4.78, 5) is 23.8. The minimum absolute atomic E-state index is 0.0649. The standard InChI is InChI=1S/C25H27BrN4O2S/c1-13-7-17(9-21(13)31)30-25-20(11-27-12-29-25)24(32)22-10-18(14(2)33-22)23-19-8-16(26)4-3-15(19)5-6-28-23/h3-4,8,10-13,17,21,23,28,31H,5-7,9H2,1-2H3,(H,27,29,30)/t13-,17-,21+,23-/m1/s1. The lowest BCUT2D eigenvalue weighted by Crippen LogP contribution is -2.30. The molecule has 8 heteroatoms. The Bertz CT molecular complexity index is 1190. The van der Waals surface area contributed by atoms with Gasteiger partial charge in [-0.1, -0.05) is 28.9 Å². The summed E-state index contributed by atoms with van der Waals surface area (Å²) in [6, 6.07) is 8.63. The molecule has 1 fully saturated rings. The summed E-state index contributed by atoms with van der Waals surface area (Å²) in [6.07, 6.45) is 5.23. The number of hydrogen-bond donors (Lipinski definition) is 3. The molecular weight excluding hydrogens is 500 g/mol. The van der Waals surface area contributed by atoms with Crippen LogP contribution < -0.4 is 10.6 Å². The molecule has 3 heterocycles. The van der Waals surface area contributed by atoms with Crippen molar-refractivity contribution in [3.63, 3.8) is 0 Å². The molecule has 172 valence electrons. The number of aromatic nitrogens is 2. The van der Waals surface area contributed by atoms with E-state index in [0.717, 1.165) is 34.3 Å². The second kappa shape index (κ2) is 9.25. The van der Waals surface area contributed by atoms with Gasteiger partial charge in [-0.25, -0.2) is 9.97 Å². The Labute approximate surface area is 206 Å². The van der Waals surface area contributed by atoms with Crippen molar-refractivity contribution < 1.29 is 9.90 Å². The molecule has 0 unspecified atom stereocenters. The number of carbonyl (C=O) groups is 1. The molecule has 0 radical (unpaired) electrons. The molecule has 2 aromatic heterocycles. The number of rotatable bonds is 5. The maximum atomic E-state index is 13.5. The summed E-state index contributed by atoms with van der Waals surface area (Å²) >= 11 is 5.12. The highest BCUT2D eigenvalue weighted by atomic mass is 79.9. The van der Waals surface area contributed by atoms with Gasteiger partial charge < -0.3 is 15.7 Å². The summed E-state index contributed by atoms with van der Waals surface area (Å²) in [5.41, 5.74) is 4.21. The van der Waals surface area contributed by atoms with Crippen molar-refractivity contribution in [3.05, 3.63) is 73.3 Å². The van der Waals surface area contributed by atoms with Gasteiger partial charge in [0.2, 0.25) is 5.78 Å². The van der Waals surface area contributed by atoms with Crippen LogP contribution in [0.1, 0.15) is 62.6 Å². The van der Waals surface area contributed by atoms with Gasteiger partial charge in [0, 0.05) is 28.1 Å². The zero-order valence-electron chi connectivity index (χ0n) is 18.6. The number of nitrogens with one attached hydrogen (secondary N) is 2. The molecule has 2 aliphatic rings. The number of carbonyl (C=O) groups excluding carboxylic acids is 1. The van der Waals surface area contributed by atoms with Crippen LogP contribution in [0.2, 0.25) is 0 Å². The average Bonchev–Trinajstić information content (AvgIpc) is 3.34. The van der Waals surface area contributed by atoms with Crippen LogP contribution in [0, 0.1) is 12.8 Å². The number of thiophene rings is 1. The molecular formula is C25H27BrN4O2S. The van der Waals surface area contributed by atoms with Crippen LogP contribution in [-0.2, 0) is 6.42 Å². The Hall–Kier alpha value is -2.13. The first kappa shape index (κ1) is 22.7. The second-order valence-electron chi connectivity index (χ2n) is 9.07. The molecule has 1 aliphatic carbocycles. The largest absolute Gasteiger partial charge is 0.393 e. The Morgan fingerprint density at radius 3 is 2.91 bits per heavy atom. The fraction of sp³-hybridized carbons (Fsp3) is 0.400. The van der Waals surface area contributed by atoms with E-state index in [1.54, 1.807) is 6.20 Å². The van der Waals surface area contributed by atoms with Crippen molar-refractivity contribution in [2.75, 3.05) is 11.9 Å². The SMILES string of the molecule is Cc1sc(C(=O)c2cncnc2N[C@@H]2C[C@@H](C)[C@@H](O)C2)cc1[C@H]1NCCc2ccc(Br)cc21. The van der Waals surface area contributed by atoms with Crippen LogP contribution in [0.4, 0.5) is 5.82 Å². The molecule has 1 saturated carbocycles. The molecule has 0 saturated heterocycles. The Balaban J connectivity index is 1.43. The van der Waals surface area contributed by atoms with Gasteiger partial charge in [0.15, 0.2) is 0 Å². The molecule has 0 spiro atoms. The number of benzene rings is 1. The van der Waals surface area contributed by atoms with Crippen molar-refractivity contribution >= 4 is 38.9 Å². The smallest absolute Gasteiger partial charge is 0.208 e. The van der Waals surface area contributed by atoms with E-state index >= 15 is 0 Å². The minimum atomic E-state index is -0.322. The van der Waals surface area contributed by atoms with Gasteiger partial charge in [-0.3, -0.25) is 4.79 Å². The highest BCUT2D eigenvalue weighted by molar-refractivity contribution is 9.10. The second-order valence-corrected chi connectivity index (χ2v) is 11.2. The summed E-state index contributed by atoms with van der Waals surface area (Å²) in [7, 11) is 0. The first-order valence-corrected chi connectivity index (χ1v) is 12.9. The molecule has 0 bridgehead atoms. The van der Waals surface area contributed by atoms with E-state index in [-0.39, 0.29) is 29.9 Å². The summed E-state index contributed by atoms with van der Waals surface area (Å²) in [5.74, 6) is 0.699. The maximum absolute atomic E-state index is 13.5. The summed E-state index contributed by atoms with van der Waals surface area (Å²) in [5, 5.41) is 17.1. The van der Waals surface area contributed by atoms with E-state index in [0.29, 0.717) is 22.7 Å². The van der Waals surface area contributed by atoms with Crippen molar-refractivity contribution in [1.29, 1.82) is 0 Å². The highest BCUT2D eigenvalue weighted by Crippen LogP contribution is 2.37. The molecule has 0 amide bonds. The lowest BCUT2D eigenvalue weighted by atomic mass is 9.90. The van der Waals surface area contributed by atoms with Gasteiger partial charge in [0.1, 0.15) is 12.1 Å². The fourth-order valence-corrected chi connectivity index (χ4v) is 6.37. The van der Waals surface area contributed by atoms with Crippen LogP contribution in [0.3, 0.4) is 0 Å². The first-order chi connectivity index (χ1) is 15.9. The van der Waals surface area contributed by atoms with Gasteiger partial charge in [0.05, 0.1) is 22.6 Å². The van der Waals surface area contributed by atoms with Gasteiger partial charge in [0.25, 0.3) is 0 Å². The van der Waals surface area contributed by atoms with Crippen LogP contribution >= 0.6 is 27.3 Å². The normalized spacial score (nSPS) is 24.5. The number of fused-ring (bicyclic) bond motifs is 1. The number of hydrogen-bond acceptors (Lipinski definition) is 7. The lowest BCUT2D eigenvalue weighted by Gasteiger charge is -2.27. The van der Waals surface area contributed by atoms with Crippen LogP contribution in [0.5, 0.6) is 0 Å². The maximum Gasteiger partial charge on any atom is 0.208 e. The van der Waals surface area contributed by atoms with Crippen LogP contribution in [-0.4, -0.2) is 39.5 Å². The van der Waals surface area contributed by atoms with Crippen molar-refractivity contribution in [3.8, 4) is 0 Å². The fourth-order valence-electron chi connectivity index (χ4n) is 4.98. The molecule has 33 heavy (non-hydrogen) atoms. The molecule has 1 aliphatic heterocycles. The zero-order valence-corrected chi connectivity index (χ0v) is 21.0. The summed E-state index contributed by atoms with van der Waals surface area (Å²) in [6.45, 7) is 5.03. The topological polar surface area (TPSA) is 87.1 Å². The predicted octanol–water partition coefficient (Wildman–Crippen LogP) is 4.65. The molecule has 1 aromatic carbocycles. The average molecular weight is 527 g/mol. The van der Waals surface area contributed by atoms with Gasteiger partial charge >= 0.3 is 0 Å². The highest BCUT2D eigenvalue weighted by Gasteiger charge is 2.31. The van der Waals surface area contributed by atoms with Crippen molar-refractivity contribution in [2.45, 2.75) is 51.3 Å². The Morgan fingerprint density at radius 2 is 2.12 bits per heavy atom. The number of halogens is 1. The molecule has 6 nitrogen and oxygen atoms in total. The van der Waals surface area contributed by atoms with Gasteiger partial charge in [-0.15, -0.1) is 11.3 Å². The van der Waals surface area contributed by atoms with E-state index in [1.165, 1.54) is 28.8 Å². The third kappa shape index (κ3) is 4.49. The first-order valence-electron chi connectivity index (χ1n) is 11.3. The number of nitrogens with zero attached hydrogens (tertiary/aromatic N) is 2. The number of aliphatic hydroxyl groups excluding tert-OH is 1. The Kier molecular flexibility index (Phi) is 6.35. The van der Waals surface area contributed by atoms with E-state index < -0.39 is 0 Å². The minimum Gasteiger partial charge on any atom is -0.393 e. The quantitative estimate of drug-likeness (QED) is 0.419. The molecule has 5 rings (SSSR count). The predicted molar refractivity (Wildman–Crippen MR) is 134 cm³/mol. The van der Waals surface area contributed by atoms with Crippen molar-refractivity contribution in [2.24, 2.45) is 5.92 Å². The number of aliphatic hydroxyl groups is 1. The number of aryl methyl sites for hydroxylation is 1. The van der Waals surface area contributed by atoms with Crippen LogP contribution in [0.25, 0.3) is 0 Å². The van der Waals surface area contributed by atoms with E-state index in [9.17, 15) is 9.90 Å². The monoisotopic (exact) mass is 526 g/mol. The van der Waals surface area contributed by atoms with Crippen molar-refractivity contribution in [1.82, 2.24) is 15.3 Å². The third-order valence-corrected chi connectivity index (χ3v) is 8.35. The summed E-state index contributed by atoms with van der Waals surface area (Å²) < 4.78 is 1.06. The molecule has 3 N–H and O–H groups in total. The van der Waals surface area contributed by atoms with E-state index in [2.05, 4.69) is 61.7 Å². The third-order valence-electron chi connectivity index (χ3n) is 6.79. The number of anilines is 1. The van der Waals surface area contributed by atoms with E-state index in [1.807, 2.05) is 13.0 Å².